The standard InChI is InChI=1S/C17H16F3NO3/c18-17(19,20)11-2-1-3-12(8-11)21(9-10-4-5-10)15(22)13-6-7-14(13)16(23)24/h1-3,6-8,10,13-14H,4-5,9H2,(H,23,24)/t13-,14+/m0/s1. The van der Waals surface area contributed by atoms with Crippen LogP contribution in [0.2, 0.25) is 0 Å². The number of amides is 1. The summed E-state index contributed by atoms with van der Waals surface area (Å²) in [7, 11) is 0. The Morgan fingerprint density at radius 3 is 2.33 bits per heavy atom. The minimum Gasteiger partial charge on any atom is -0.481 e. The van der Waals surface area contributed by atoms with E-state index in [2.05, 4.69) is 0 Å². The number of nitrogens with zero attached hydrogens (tertiary/aromatic N) is 1. The number of halogens is 3. The molecule has 2 aliphatic carbocycles. The van der Waals surface area contributed by atoms with Gasteiger partial charge in [0.05, 0.1) is 17.4 Å². The highest BCUT2D eigenvalue weighted by Gasteiger charge is 2.40. The molecule has 128 valence electrons. The largest absolute Gasteiger partial charge is 0.481 e. The van der Waals surface area contributed by atoms with E-state index in [4.69, 9.17) is 5.11 Å². The first-order valence-corrected chi connectivity index (χ1v) is 7.67. The first-order chi connectivity index (χ1) is 11.3. The third kappa shape index (κ3) is 3.29. The Morgan fingerprint density at radius 2 is 1.83 bits per heavy atom. The van der Waals surface area contributed by atoms with E-state index in [0.29, 0.717) is 6.54 Å². The molecule has 0 bridgehead atoms. The lowest BCUT2D eigenvalue weighted by molar-refractivity contribution is -0.144. The van der Waals surface area contributed by atoms with Gasteiger partial charge in [-0.1, -0.05) is 18.2 Å². The molecule has 0 unspecified atom stereocenters. The maximum absolute atomic E-state index is 12.9. The summed E-state index contributed by atoms with van der Waals surface area (Å²) in [6.45, 7) is 0.316. The van der Waals surface area contributed by atoms with E-state index < -0.39 is 35.5 Å². The molecule has 0 aromatic heterocycles. The molecular weight excluding hydrogens is 323 g/mol. The monoisotopic (exact) mass is 339 g/mol. The predicted octanol–water partition coefficient (Wildman–Crippen LogP) is 3.34. The van der Waals surface area contributed by atoms with E-state index in [-0.39, 0.29) is 11.6 Å². The summed E-state index contributed by atoms with van der Waals surface area (Å²) >= 11 is 0. The van der Waals surface area contributed by atoms with Crippen LogP contribution in [0.25, 0.3) is 0 Å². The Hall–Kier alpha value is -2.31. The summed E-state index contributed by atoms with van der Waals surface area (Å²) in [6, 6.07) is 4.61. The molecule has 2 aliphatic rings. The summed E-state index contributed by atoms with van der Waals surface area (Å²) in [4.78, 5) is 25.1. The van der Waals surface area contributed by atoms with Crippen LogP contribution in [0.1, 0.15) is 18.4 Å². The summed E-state index contributed by atoms with van der Waals surface area (Å²) in [5.41, 5.74) is -0.668. The number of aliphatic carboxylic acids is 1. The van der Waals surface area contributed by atoms with Crippen molar-refractivity contribution in [3.8, 4) is 0 Å². The van der Waals surface area contributed by atoms with Crippen LogP contribution in [0.4, 0.5) is 18.9 Å². The van der Waals surface area contributed by atoms with Gasteiger partial charge in [-0.25, -0.2) is 0 Å². The van der Waals surface area contributed by atoms with Crippen molar-refractivity contribution in [3.05, 3.63) is 42.0 Å². The van der Waals surface area contributed by atoms with Crippen molar-refractivity contribution < 1.29 is 27.9 Å². The van der Waals surface area contributed by atoms with Gasteiger partial charge in [0, 0.05) is 12.2 Å². The lowest BCUT2D eigenvalue weighted by Crippen LogP contribution is -2.44. The van der Waals surface area contributed by atoms with Gasteiger partial charge in [0.25, 0.3) is 0 Å². The van der Waals surface area contributed by atoms with Gasteiger partial charge >= 0.3 is 12.1 Å². The normalized spacial score (nSPS) is 22.8. The quantitative estimate of drug-likeness (QED) is 0.837. The molecule has 24 heavy (non-hydrogen) atoms. The van der Waals surface area contributed by atoms with Crippen molar-refractivity contribution >= 4 is 17.6 Å². The number of hydrogen-bond acceptors (Lipinski definition) is 2. The summed E-state index contributed by atoms with van der Waals surface area (Å²) in [6.07, 6.45) is 0.266. The summed E-state index contributed by atoms with van der Waals surface area (Å²) in [5, 5.41) is 9.08. The van der Waals surface area contributed by atoms with E-state index >= 15 is 0 Å². The van der Waals surface area contributed by atoms with Gasteiger partial charge in [0.1, 0.15) is 0 Å². The van der Waals surface area contributed by atoms with Gasteiger partial charge in [0.15, 0.2) is 0 Å². The molecule has 0 heterocycles. The Morgan fingerprint density at radius 1 is 1.17 bits per heavy atom. The molecule has 1 aromatic carbocycles. The fourth-order valence-electron chi connectivity index (χ4n) is 2.72. The Labute approximate surface area is 136 Å². The lowest BCUT2D eigenvalue weighted by atomic mass is 9.81. The van der Waals surface area contributed by atoms with E-state index in [1.165, 1.54) is 29.2 Å². The zero-order valence-corrected chi connectivity index (χ0v) is 12.7. The van der Waals surface area contributed by atoms with Crippen LogP contribution >= 0.6 is 0 Å². The highest BCUT2D eigenvalue weighted by Crippen LogP contribution is 2.37. The fourth-order valence-corrected chi connectivity index (χ4v) is 2.72. The summed E-state index contributed by atoms with van der Waals surface area (Å²) in [5.74, 6) is -3.04. The van der Waals surface area contributed by atoms with Crippen LogP contribution in [0.3, 0.4) is 0 Å². The van der Waals surface area contributed by atoms with E-state index in [9.17, 15) is 22.8 Å². The number of anilines is 1. The molecule has 0 spiro atoms. The molecule has 4 nitrogen and oxygen atoms in total. The predicted molar refractivity (Wildman–Crippen MR) is 80.3 cm³/mol. The molecule has 3 rings (SSSR count). The summed E-state index contributed by atoms with van der Waals surface area (Å²) < 4.78 is 38.8. The molecule has 0 aliphatic heterocycles. The maximum atomic E-state index is 12.9. The van der Waals surface area contributed by atoms with Crippen molar-refractivity contribution in [1.82, 2.24) is 0 Å². The van der Waals surface area contributed by atoms with Gasteiger partial charge in [-0.2, -0.15) is 13.2 Å². The topological polar surface area (TPSA) is 57.6 Å². The van der Waals surface area contributed by atoms with Gasteiger partial charge in [-0.15, -0.1) is 0 Å². The minimum absolute atomic E-state index is 0.158. The second-order valence-corrected chi connectivity index (χ2v) is 6.22. The van der Waals surface area contributed by atoms with Gasteiger partial charge in [-0.3, -0.25) is 9.59 Å². The molecular formula is C17H16F3NO3. The Balaban J connectivity index is 1.88. The molecule has 1 fully saturated rings. The zero-order valence-electron chi connectivity index (χ0n) is 12.7. The fraction of sp³-hybridized carbons (Fsp3) is 0.412. The average Bonchev–Trinajstić information content (AvgIpc) is 3.26. The number of benzene rings is 1. The van der Waals surface area contributed by atoms with Crippen molar-refractivity contribution in [1.29, 1.82) is 0 Å². The number of rotatable bonds is 5. The lowest BCUT2D eigenvalue weighted by Gasteiger charge is -2.32. The number of carboxylic acids is 1. The number of carbonyl (C=O) groups is 2. The highest BCUT2D eigenvalue weighted by atomic mass is 19.4. The van der Waals surface area contributed by atoms with E-state index in [0.717, 1.165) is 25.0 Å². The molecule has 1 amide bonds. The SMILES string of the molecule is O=C(O)[C@@H]1C=C[C@@H]1C(=O)N(CC1CC1)c1cccc(C(F)(F)F)c1. The van der Waals surface area contributed by atoms with Crippen LogP contribution < -0.4 is 4.90 Å². The van der Waals surface area contributed by atoms with Crippen molar-refractivity contribution in [2.75, 3.05) is 11.4 Å². The third-order valence-corrected chi connectivity index (χ3v) is 4.37. The molecule has 1 aromatic rings. The second-order valence-electron chi connectivity index (χ2n) is 6.22. The smallest absolute Gasteiger partial charge is 0.416 e. The van der Waals surface area contributed by atoms with Crippen molar-refractivity contribution in [3.63, 3.8) is 0 Å². The van der Waals surface area contributed by atoms with Crippen LogP contribution in [0, 0.1) is 17.8 Å². The first kappa shape index (κ1) is 16.5. The average molecular weight is 339 g/mol. The second kappa shape index (κ2) is 5.96. The third-order valence-electron chi connectivity index (χ3n) is 4.37. The maximum Gasteiger partial charge on any atom is 0.416 e. The molecule has 7 heteroatoms. The van der Waals surface area contributed by atoms with Gasteiger partial charge in [-0.05, 0) is 37.0 Å². The molecule has 0 saturated heterocycles. The molecule has 2 atom stereocenters. The van der Waals surface area contributed by atoms with Gasteiger partial charge < -0.3 is 10.0 Å². The number of alkyl halides is 3. The van der Waals surface area contributed by atoms with Crippen LogP contribution in [0.5, 0.6) is 0 Å². The molecule has 1 N–H and O–H groups in total. The number of carboxylic acid groups (broad SMARTS) is 1. The van der Waals surface area contributed by atoms with Crippen LogP contribution in [-0.4, -0.2) is 23.5 Å². The molecule has 0 radical (unpaired) electrons. The van der Waals surface area contributed by atoms with Crippen LogP contribution in [0.15, 0.2) is 36.4 Å². The Kier molecular flexibility index (Phi) is 4.11. The van der Waals surface area contributed by atoms with Crippen molar-refractivity contribution in [2.45, 2.75) is 19.0 Å². The molecule has 1 saturated carbocycles. The number of carbonyl (C=O) groups excluding carboxylic acids is 1. The number of hydrogen-bond donors (Lipinski definition) is 1. The van der Waals surface area contributed by atoms with E-state index in [1.807, 2.05) is 0 Å². The first-order valence-electron chi connectivity index (χ1n) is 7.67. The highest BCUT2D eigenvalue weighted by molar-refractivity contribution is 6.00. The van der Waals surface area contributed by atoms with Crippen LogP contribution in [-0.2, 0) is 15.8 Å². The van der Waals surface area contributed by atoms with Crippen molar-refractivity contribution in [2.24, 2.45) is 17.8 Å². The van der Waals surface area contributed by atoms with Gasteiger partial charge in [0.2, 0.25) is 5.91 Å². The zero-order chi connectivity index (χ0) is 17.5. The Bertz CT molecular complexity index is 695. The minimum atomic E-state index is -4.50. The van der Waals surface area contributed by atoms with E-state index in [1.54, 1.807) is 0 Å².